The minimum Gasteiger partial charge on any atom is -0.405 e. The average Bonchev–Trinajstić information content (AvgIpc) is 2.21. The molecule has 15 heavy (non-hydrogen) atoms. The van der Waals surface area contributed by atoms with Crippen molar-refractivity contribution in [2.75, 3.05) is 5.75 Å². The molecule has 0 aliphatic rings. The van der Waals surface area contributed by atoms with Crippen LogP contribution in [0.25, 0.3) is 6.08 Å². The highest BCUT2D eigenvalue weighted by Crippen LogP contribution is 2.20. The fourth-order valence-electron chi connectivity index (χ4n) is 1.13. The van der Waals surface area contributed by atoms with Crippen molar-refractivity contribution in [2.24, 2.45) is 16.5 Å². The van der Waals surface area contributed by atoms with Gasteiger partial charge in [-0.25, -0.2) is 4.99 Å². The van der Waals surface area contributed by atoms with E-state index in [2.05, 4.69) is 4.99 Å². The van der Waals surface area contributed by atoms with Gasteiger partial charge in [-0.05, 0) is 24.1 Å². The van der Waals surface area contributed by atoms with Crippen LogP contribution in [0.4, 0.5) is 5.69 Å². The molecule has 1 aromatic carbocycles. The first-order valence-corrected chi connectivity index (χ1v) is 5.70. The van der Waals surface area contributed by atoms with E-state index in [0.29, 0.717) is 5.17 Å². The highest BCUT2D eigenvalue weighted by atomic mass is 32.2. The summed E-state index contributed by atoms with van der Waals surface area (Å²) < 4.78 is 0. The van der Waals surface area contributed by atoms with E-state index in [1.165, 1.54) is 18.0 Å². The van der Waals surface area contributed by atoms with Crippen LogP contribution in [0.3, 0.4) is 0 Å². The molecule has 4 heteroatoms. The molecule has 0 aromatic heterocycles. The summed E-state index contributed by atoms with van der Waals surface area (Å²) in [4.78, 5) is 4.32. The van der Waals surface area contributed by atoms with E-state index in [1.807, 2.05) is 37.3 Å². The van der Waals surface area contributed by atoms with Crippen molar-refractivity contribution in [1.29, 1.82) is 0 Å². The predicted octanol–water partition coefficient (Wildman–Crippen LogP) is 2.32. The highest BCUT2D eigenvalue weighted by Gasteiger charge is 1.97. The van der Waals surface area contributed by atoms with Crippen LogP contribution in [-0.2, 0) is 0 Å². The van der Waals surface area contributed by atoms with Crippen LogP contribution < -0.4 is 11.5 Å². The van der Waals surface area contributed by atoms with E-state index >= 15 is 0 Å². The fourth-order valence-corrected chi connectivity index (χ4v) is 1.59. The number of nitrogens with two attached hydrogens (primary N) is 2. The van der Waals surface area contributed by atoms with Gasteiger partial charge in [0.15, 0.2) is 5.17 Å². The number of nitrogens with zero attached hydrogens (tertiary/aromatic N) is 1. The van der Waals surface area contributed by atoms with E-state index in [-0.39, 0.29) is 0 Å². The van der Waals surface area contributed by atoms with Crippen molar-refractivity contribution in [2.45, 2.75) is 6.92 Å². The quantitative estimate of drug-likeness (QED) is 0.608. The van der Waals surface area contributed by atoms with Crippen LogP contribution in [0, 0.1) is 0 Å². The second-order valence-electron chi connectivity index (χ2n) is 2.80. The van der Waals surface area contributed by atoms with E-state index < -0.39 is 0 Å². The molecule has 1 rings (SSSR count). The Morgan fingerprint density at radius 3 is 2.87 bits per heavy atom. The molecule has 0 saturated heterocycles. The van der Waals surface area contributed by atoms with Crippen LogP contribution in [-0.4, -0.2) is 10.9 Å². The van der Waals surface area contributed by atoms with E-state index in [4.69, 9.17) is 11.5 Å². The van der Waals surface area contributed by atoms with Gasteiger partial charge in [0, 0.05) is 5.56 Å². The van der Waals surface area contributed by atoms with Gasteiger partial charge in [-0.3, -0.25) is 0 Å². The molecule has 3 nitrogen and oxygen atoms in total. The maximum Gasteiger partial charge on any atom is 0.159 e. The molecular formula is C11H15N3S. The Kier molecular flexibility index (Phi) is 4.77. The molecule has 0 heterocycles. The number of para-hydroxylation sites is 1. The molecule has 0 aliphatic carbocycles. The first-order chi connectivity index (χ1) is 7.27. The minimum absolute atomic E-state index is 0.579. The second kappa shape index (κ2) is 6.14. The van der Waals surface area contributed by atoms with Gasteiger partial charge in [0.2, 0.25) is 0 Å². The summed E-state index contributed by atoms with van der Waals surface area (Å²) in [6.45, 7) is 2.04. The average molecular weight is 221 g/mol. The molecular weight excluding hydrogens is 206 g/mol. The van der Waals surface area contributed by atoms with Gasteiger partial charge in [-0.2, -0.15) is 0 Å². The van der Waals surface area contributed by atoms with Gasteiger partial charge < -0.3 is 11.5 Å². The number of amidine groups is 1. The highest BCUT2D eigenvalue weighted by molar-refractivity contribution is 8.13. The number of benzene rings is 1. The van der Waals surface area contributed by atoms with Crippen LogP contribution in [0.1, 0.15) is 12.5 Å². The molecule has 0 aliphatic heterocycles. The van der Waals surface area contributed by atoms with Crippen molar-refractivity contribution in [3.8, 4) is 0 Å². The first kappa shape index (κ1) is 11.7. The third-order valence-electron chi connectivity index (χ3n) is 1.74. The van der Waals surface area contributed by atoms with Gasteiger partial charge in [-0.15, -0.1) is 0 Å². The lowest BCUT2D eigenvalue weighted by Crippen LogP contribution is -2.05. The normalized spacial score (nSPS) is 12.2. The maximum atomic E-state index is 5.74. The smallest absolute Gasteiger partial charge is 0.159 e. The van der Waals surface area contributed by atoms with Crippen molar-refractivity contribution in [3.63, 3.8) is 0 Å². The Morgan fingerprint density at radius 1 is 1.47 bits per heavy atom. The Balaban J connectivity index is 2.97. The van der Waals surface area contributed by atoms with E-state index in [1.54, 1.807) is 0 Å². The van der Waals surface area contributed by atoms with Crippen LogP contribution in [0.15, 0.2) is 35.5 Å². The molecule has 1 aromatic rings. The second-order valence-corrected chi connectivity index (χ2v) is 4.09. The molecule has 80 valence electrons. The van der Waals surface area contributed by atoms with Crippen molar-refractivity contribution in [1.82, 2.24) is 0 Å². The van der Waals surface area contributed by atoms with Crippen molar-refractivity contribution in [3.05, 3.63) is 36.0 Å². The molecule has 0 spiro atoms. The Bertz CT molecular complexity index is 372. The molecule has 0 bridgehead atoms. The summed E-state index contributed by atoms with van der Waals surface area (Å²) in [7, 11) is 0. The third-order valence-corrected chi connectivity index (χ3v) is 2.41. The fraction of sp³-hybridized carbons (Fsp3) is 0.182. The summed E-state index contributed by atoms with van der Waals surface area (Å²) >= 11 is 1.53. The molecule has 0 radical (unpaired) electrons. The zero-order valence-corrected chi connectivity index (χ0v) is 9.50. The topological polar surface area (TPSA) is 64.4 Å². The van der Waals surface area contributed by atoms with Crippen LogP contribution in [0.5, 0.6) is 0 Å². The summed E-state index contributed by atoms with van der Waals surface area (Å²) in [5.74, 6) is 0.921. The minimum atomic E-state index is 0.579. The van der Waals surface area contributed by atoms with Gasteiger partial charge in [0.05, 0.1) is 5.69 Å². The Labute approximate surface area is 94.3 Å². The van der Waals surface area contributed by atoms with E-state index in [0.717, 1.165) is 17.0 Å². The molecule has 0 saturated carbocycles. The Hall–Kier alpha value is -1.42. The molecule has 0 amide bonds. The number of hydrogen-bond donors (Lipinski definition) is 2. The van der Waals surface area contributed by atoms with Crippen LogP contribution in [0.2, 0.25) is 0 Å². The Morgan fingerprint density at radius 2 is 2.20 bits per heavy atom. The lowest BCUT2D eigenvalue weighted by atomic mass is 10.2. The summed E-state index contributed by atoms with van der Waals surface area (Å²) in [6.07, 6.45) is 3.31. The van der Waals surface area contributed by atoms with Gasteiger partial charge in [0.1, 0.15) is 0 Å². The lowest BCUT2D eigenvalue weighted by molar-refractivity contribution is 1.47. The van der Waals surface area contributed by atoms with Crippen LogP contribution >= 0.6 is 11.8 Å². The standard InChI is InChI=1S/C11H15N3S/c1-2-15-11(13)14-10-6-4-3-5-9(10)7-8-12/h3-8H,2,12H2,1H3,(H2,13,14). The summed E-state index contributed by atoms with van der Waals surface area (Å²) in [5, 5.41) is 0.579. The summed E-state index contributed by atoms with van der Waals surface area (Å²) in [5.41, 5.74) is 12.9. The first-order valence-electron chi connectivity index (χ1n) is 4.72. The third kappa shape index (κ3) is 3.67. The maximum absolute atomic E-state index is 5.74. The summed E-state index contributed by atoms with van der Waals surface area (Å²) in [6, 6.07) is 7.73. The predicted molar refractivity (Wildman–Crippen MR) is 69.1 cm³/mol. The van der Waals surface area contributed by atoms with Crippen molar-refractivity contribution >= 4 is 28.7 Å². The monoisotopic (exact) mass is 221 g/mol. The number of aliphatic imine (C=N–C) groups is 1. The molecule has 0 unspecified atom stereocenters. The number of thioether (sulfide) groups is 1. The lowest BCUT2D eigenvalue weighted by Gasteiger charge is -2.01. The zero-order chi connectivity index (χ0) is 11.1. The molecule has 0 atom stereocenters. The van der Waals surface area contributed by atoms with Gasteiger partial charge in [-0.1, -0.05) is 36.9 Å². The van der Waals surface area contributed by atoms with E-state index in [9.17, 15) is 0 Å². The van der Waals surface area contributed by atoms with Crippen molar-refractivity contribution < 1.29 is 0 Å². The number of rotatable bonds is 3. The molecule has 4 N–H and O–H groups in total. The van der Waals surface area contributed by atoms with Gasteiger partial charge in [0.25, 0.3) is 0 Å². The SMILES string of the molecule is CCSC(N)=Nc1ccccc1C=CN. The molecule has 0 fully saturated rings. The largest absolute Gasteiger partial charge is 0.405 e. The van der Waals surface area contributed by atoms with Gasteiger partial charge >= 0.3 is 0 Å². The number of hydrogen-bond acceptors (Lipinski definition) is 3. The zero-order valence-electron chi connectivity index (χ0n) is 8.68.